The Kier molecular flexibility index (Phi) is 8.26. The molecule has 0 aliphatic carbocycles. The van der Waals surface area contributed by atoms with Crippen molar-refractivity contribution in [3.8, 4) is 11.8 Å². The van der Waals surface area contributed by atoms with Crippen LogP contribution in [-0.2, 0) is 9.53 Å². The summed E-state index contributed by atoms with van der Waals surface area (Å²) in [4.78, 5) is 25.0. The van der Waals surface area contributed by atoms with Gasteiger partial charge in [0, 0.05) is 49.7 Å². The van der Waals surface area contributed by atoms with Gasteiger partial charge in [0.2, 0.25) is 0 Å². The van der Waals surface area contributed by atoms with Gasteiger partial charge < -0.3 is 20.3 Å². The van der Waals surface area contributed by atoms with Crippen molar-refractivity contribution in [1.29, 1.82) is 0 Å². The first kappa shape index (κ1) is 20.1. The van der Waals surface area contributed by atoms with Crippen LogP contribution < -0.4 is 10.6 Å². The summed E-state index contributed by atoms with van der Waals surface area (Å²) in [5, 5.41) is 5.92. The Morgan fingerprint density at radius 1 is 1.27 bits per heavy atom. The second-order valence-corrected chi connectivity index (χ2v) is 6.50. The minimum Gasteiger partial charge on any atom is -0.439 e. The maximum absolute atomic E-state index is 11.6. The van der Waals surface area contributed by atoms with E-state index < -0.39 is 6.09 Å². The van der Waals surface area contributed by atoms with Crippen molar-refractivity contribution in [2.45, 2.75) is 25.3 Å². The average Bonchev–Trinajstić information content (AvgIpc) is 2.66. The first-order valence-electron chi connectivity index (χ1n) is 8.67. The first-order valence-corrected chi connectivity index (χ1v) is 9.05. The van der Waals surface area contributed by atoms with Gasteiger partial charge in [-0.25, -0.2) is 4.79 Å². The standard InChI is InChI=1S/C19H24ClN3O3/c1-21-18(24)14-26-19(25)22-17-9-12-23(13-10-17)11-3-2-4-15-5-7-16(20)8-6-15/h5-8,17H,3,9-14H2,1H3,(H,21,24)(H,22,25). The highest BCUT2D eigenvalue weighted by Crippen LogP contribution is 2.11. The van der Waals surface area contributed by atoms with Crippen LogP contribution in [0, 0.1) is 11.8 Å². The molecule has 0 unspecified atom stereocenters. The van der Waals surface area contributed by atoms with Crippen LogP contribution >= 0.6 is 11.6 Å². The van der Waals surface area contributed by atoms with Gasteiger partial charge in [0.05, 0.1) is 0 Å². The minimum atomic E-state index is -0.541. The number of carbonyl (C=O) groups is 2. The summed E-state index contributed by atoms with van der Waals surface area (Å²) in [7, 11) is 1.50. The number of nitrogens with zero attached hydrogens (tertiary/aromatic N) is 1. The van der Waals surface area contributed by atoms with Crippen molar-refractivity contribution >= 4 is 23.6 Å². The summed E-state index contributed by atoms with van der Waals surface area (Å²) in [5.41, 5.74) is 0.965. The Balaban J connectivity index is 1.62. The zero-order valence-electron chi connectivity index (χ0n) is 14.9. The molecule has 2 amide bonds. The molecule has 2 N–H and O–H groups in total. The number of rotatable bonds is 5. The van der Waals surface area contributed by atoms with Gasteiger partial charge in [0.25, 0.3) is 5.91 Å². The summed E-state index contributed by atoms with van der Waals surface area (Å²) in [5.74, 6) is 5.99. The molecule has 0 spiro atoms. The normalized spacial score (nSPS) is 14.8. The van der Waals surface area contributed by atoms with Gasteiger partial charge in [-0.05, 0) is 37.1 Å². The van der Waals surface area contributed by atoms with E-state index in [9.17, 15) is 9.59 Å². The molecule has 2 rings (SSSR count). The predicted molar refractivity (Wildman–Crippen MR) is 101 cm³/mol. The van der Waals surface area contributed by atoms with E-state index in [-0.39, 0.29) is 18.6 Å². The van der Waals surface area contributed by atoms with E-state index in [2.05, 4.69) is 27.4 Å². The van der Waals surface area contributed by atoms with Crippen molar-refractivity contribution < 1.29 is 14.3 Å². The fourth-order valence-corrected chi connectivity index (χ4v) is 2.75. The van der Waals surface area contributed by atoms with E-state index >= 15 is 0 Å². The van der Waals surface area contributed by atoms with Gasteiger partial charge in [0.1, 0.15) is 0 Å². The molecule has 0 radical (unpaired) electrons. The topological polar surface area (TPSA) is 70.7 Å². The van der Waals surface area contributed by atoms with Gasteiger partial charge in [-0.2, -0.15) is 0 Å². The molecule has 1 heterocycles. The summed E-state index contributed by atoms with van der Waals surface area (Å²) < 4.78 is 4.85. The summed E-state index contributed by atoms with van der Waals surface area (Å²) in [6.07, 6.45) is 1.98. The number of carbonyl (C=O) groups excluding carboxylic acids is 2. The summed E-state index contributed by atoms with van der Waals surface area (Å²) in [6.45, 7) is 2.47. The second-order valence-electron chi connectivity index (χ2n) is 6.07. The molecule has 1 fully saturated rings. The number of likely N-dealkylation sites (tertiary alicyclic amines) is 1. The number of amides is 2. The highest BCUT2D eigenvalue weighted by molar-refractivity contribution is 6.30. The number of benzene rings is 1. The molecule has 0 aromatic heterocycles. The monoisotopic (exact) mass is 377 g/mol. The second kappa shape index (κ2) is 10.7. The maximum Gasteiger partial charge on any atom is 0.407 e. The van der Waals surface area contributed by atoms with Crippen molar-refractivity contribution in [3.05, 3.63) is 34.9 Å². The Morgan fingerprint density at radius 2 is 1.96 bits per heavy atom. The van der Waals surface area contributed by atoms with Crippen molar-refractivity contribution in [2.75, 3.05) is 33.3 Å². The average molecular weight is 378 g/mol. The molecule has 1 saturated heterocycles. The van der Waals surface area contributed by atoms with Gasteiger partial charge in [-0.3, -0.25) is 4.79 Å². The predicted octanol–water partition coefficient (Wildman–Crippen LogP) is 2.02. The molecule has 26 heavy (non-hydrogen) atoms. The number of likely N-dealkylation sites (N-methyl/N-ethyl adjacent to an activating group) is 1. The molecule has 6 nitrogen and oxygen atoms in total. The number of hydrogen-bond acceptors (Lipinski definition) is 4. The molecule has 1 aliphatic heterocycles. The minimum absolute atomic E-state index is 0.0867. The van der Waals surface area contributed by atoms with Gasteiger partial charge in [-0.15, -0.1) is 0 Å². The van der Waals surface area contributed by atoms with Crippen LogP contribution in [0.2, 0.25) is 5.02 Å². The van der Waals surface area contributed by atoms with Gasteiger partial charge in [0.15, 0.2) is 6.61 Å². The van der Waals surface area contributed by atoms with Crippen molar-refractivity contribution in [1.82, 2.24) is 15.5 Å². The number of piperidine rings is 1. The fraction of sp³-hybridized carbons (Fsp3) is 0.474. The molecule has 0 bridgehead atoms. The zero-order chi connectivity index (χ0) is 18.8. The van der Waals surface area contributed by atoms with Gasteiger partial charge in [-0.1, -0.05) is 23.4 Å². The molecule has 0 saturated carbocycles. The van der Waals surface area contributed by atoms with E-state index in [4.69, 9.17) is 16.3 Å². The summed E-state index contributed by atoms with van der Waals surface area (Å²) >= 11 is 5.85. The van der Waals surface area contributed by atoms with Crippen LogP contribution in [0.4, 0.5) is 4.79 Å². The van der Waals surface area contributed by atoms with Crippen LogP contribution in [0.25, 0.3) is 0 Å². The quantitative estimate of drug-likeness (QED) is 0.770. The number of alkyl carbamates (subject to hydrolysis) is 1. The Hall–Kier alpha value is -2.23. The molecular formula is C19H24ClN3O3. The third-order valence-corrected chi connectivity index (χ3v) is 4.40. The lowest BCUT2D eigenvalue weighted by Gasteiger charge is -2.31. The van der Waals surface area contributed by atoms with Crippen LogP contribution in [0.1, 0.15) is 24.8 Å². The lowest BCUT2D eigenvalue weighted by Crippen LogP contribution is -2.45. The van der Waals surface area contributed by atoms with Crippen LogP contribution in [0.5, 0.6) is 0 Å². The largest absolute Gasteiger partial charge is 0.439 e. The fourth-order valence-electron chi connectivity index (χ4n) is 2.62. The Labute approximate surface area is 159 Å². The third kappa shape index (κ3) is 7.34. The van der Waals surface area contributed by atoms with E-state index in [0.717, 1.165) is 44.5 Å². The van der Waals surface area contributed by atoms with Crippen LogP contribution in [0.15, 0.2) is 24.3 Å². The SMILES string of the molecule is CNC(=O)COC(=O)NC1CCN(CCC#Cc2ccc(Cl)cc2)CC1. The zero-order valence-corrected chi connectivity index (χ0v) is 15.6. The van der Waals surface area contributed by atoms with Crippen molar-refractivity contribution in [3.63, 3.8) is 0 Å². The lowest BCUT2D eigenvalue weighted by atomic mass is 10.1. The summed E-state index contributed by atoms with van der Waals surface area (Å²) in [6, 6.07) is 7.58. The number of hydrogen-bond donors (Lipinski definition) is 2. The first-order chi connectivity index (χ1) is 12.6. The lowest BCUT2D eigenvalue weighted by molar-refractivity contribution is -0.123. The van der Waals surface area contributed by atoms with E-state index in [1.54, 1.807) is 0 Å². The number of ether oxygens (including phenoxy) is 1. The maximum atomic E-state index is 11.6. The van der Waals surface area contributed by atoms with Crippen LogP contribution in [-0.4, -0.2) is 56.2 Å². The Bertz CT molecular complexity index is 659. The van der Waals surface area contributed by atoms with Gasteiger partial charge >= 0.3 is 6.09 Å². The van der Waals surface area contributed by atoms with E-state index in [0.29, 0.717) is 5.02 Å². The highest BCUT2D eigenvalue weighted by atomic mass is 35.5. The third-order valence-electron chi connectivity index (χ3n) is 4.15. The molecule has 1 aromatic carbocycles. The molecule has 140 valence electrons. The molecule has 1 aromatic rings. The Morgan fingerprint density at radius 3 is 2.62 bits per heavy atom. The van der Waals surface area contributed by atoms with Crippen LogP contribution in [0.3, 0.4) is 0 Å². The molecule has 7 heteroatoms. The molecule has 1 aliphatic rings. The number of halogens is 1. The molecule has 0 atom stereocenters. The highest BCUT2D eigenvalue weighted by Gasteiger charge is 2.20. The van der Waals surface area contributed by atoms with Crippen molar-refractivity contribution in [2.24, 2.45) is 0 Å². The van der Waals surface area contributed by atoms with E-state index in [1.807, 2.05) is 24.3 Å². The smallest absolute Gasteiger partial charge is 0.407 e. The molecular weight excluding hydrogens is 354 g/mol. The number of nitrogens with one attached hydrogen (secondary N) is 2. The van der Waals surface area contributed by atoms with E-state index in [1.165, 1.54) is 7.05 Å².